The first kappa shape index (κ1) is 20.3. The van der Waals surface area contributed by atoms with Crippen LogP contribution in [0.15, 0.2) is 29.2 Å². The van der Waals surface area contributed by atoms with E-state index in [0.717, 1.165) is 25.9 Å². The molecule has 0 spiro atoms. The number of rotatable bonds is 4. The molecule has 0 aliphatic carbocycles. The quantitative estimate of drug-likeness (QED) is 0.821. The van der Waals surface area contributed by atoms with Crippen molar-refractivity contribution in [2.75, 3.05) is 26.2 Å². The van der Waals surface area contributed by atoms with Crippen LogP contribution >= 0.6 is 0 Å². The summed E-state index contributed by atoms with van der Waals surface area (Å²) >= 11 is 0. The minimum Gasteiger partial charge on any atom is -0.348 e. The van der Waals surface area contributed by atoms with Gasteiger partial charge in [-0.3, -0.25) is 4.79 Å². The fourth-order valence-corrected chi connectivity index (χ4v) is 5.91. The van der Waals surface area contributed by atoms with Crippen molar-refractivity contribution < 1.29 is 13.2 Å². The van der Waals surface area contributed by atoms with Crippen molar-refractivity contribution in [3.63, 3.8) is 0 Å². The molecule has 1 aromatic rings. The Bertz CT molecular complexity index is 770. The molecule has 150 valence electrons. The number of piperidine rings is 2. The number of benzene rings is 1. The molecule has 2 N–H and O–H groups in total. The summed E-state index contributed by atoms with van der Waals surface area (Å²) in [7, 11) is -3.59. The van der Waals surface area contributed by atoms with Crippen molar-refractivity contribution in [2.24, 2.45) is 17.8 Å². The molecule has 0 bridgehead atoms. The molecule has 2 fully saturated rings. The molecule has 0 radical (unpaired) electrons. The summed E-state index contributed by atoms with van der Waals surface area (Å²) in [6.45, 7) is 9.08. The molecule has 4 atom stereocenters. The summed E-state index contributed by atoms with van der Waals surface area (Å²) in [6.07, 6.45) is 2.06. The van der Waals surface area contributed by atoms with Crippen LogP contribution in [0.1, 0.15) is 44.0 Å². The summed E-state index contributed by atoms with van der Waals surface area (Å²) in [5, 5.41) is 6.34. The Labute approximate surface area is 162 Å². The van der Waals surface area contributed by atoms with Crippen molar-refractivity contribution in [3.8, 4) is 0 Å². The second-order valence-electron chi connectivity index (χ2n) is 8.35. The normalized spacial score (nSPS) is 30.0. The molecule has 2 aliphatic rings. The van der Waals surface area contributed by atoms with E-state index in [2.05, 4.69) is 31.4 Å². The Morgan fingerprint density at radius 2 is 1.89 bits per heavy atom. The minimum atomic E-state index is -3.59. The van der Waals surface area contributed by atoms with Crippen molar-refractivity contribution in [3.05, 3.63) is 29.8 Å². The third-order valence-electron chi connectivity index (χ3n) is 5.71. The Morgan fingerprint density at radius 3 is 2.56 bits per heavy atom. The fourth-order valence-electron chi connectivity index (χ4n) is 4.18. The van der Waals surface area contributed by atoms with E-state index in [1.165, 1.54) is 6.07 Å². The smallest absolute Gasteiger partial charge is 0.251 e. The second-order valence-corrected chi connectivity index (χ2v) is 10.3. The van der Waals surface area contributed by atoms with Crippen molar-refractivity contribution >= 4 is 15.9 Å². The van der Waals surface area contributed by atoms with Crippen LogP contribution in [0.2, 0.25) is 0 Å². The topological polar surface area (TPSA) is 78.5 Å². The van der Waals surface area contributed by atoms with Crippen LogP contribution in [0.4, 0.5) is 0 Å². The Balaban J connectivity index is 1.77. The van der Waals surface area contributed by atoms with Crippen LogP contribution in [0.25, 0.3) is 0 Å². The van der Waals surface area contributed by atoms with Gasteiger partial charge in [0.2, 0.25) is 10.0 Å². The van der Waals surface area contributed by atoms with Crippen LogP contribution in [-0.2, 0) is 10.0 Å². The lowest BCUT2D eigenvalue weighted by Gasteiger charge is -2.34. The molecule has 1 aromatic carbocycles. The van der Waals surface area contributed by atoms with Gasteiger partial charge in [0, 0.05) is 31.2 Å². The molecular weight excluding hydrogens is 362 g/mol. The molecule has 2 saturated heterocycles. The standard InChI is InChI=1S/C20H31N3O3S/c1-14-9-15(2)13-23(12-14)27(25,26)18-6-4-5-17(10-18)20(24)22-19-11-21-8-7-16(19)3/h4-6,10,14-16,19,21H,7-9,11-13H2,1-3H3,(H,22,24). The van der Waals surface area contributed by atoms with Gasteiger partial charge in [-0.15, -0.1) is 0 Å². The molecule has 4 unspecified atom stereocenters. The van der Waals surface area contributed by atoms with Crippen molar-refractivity contribution in [1.29, 1.82) is 0 Å². The van der Waals surface area contributed by atoms with Crippen LogP contribution in [-0.4, -0.2) is 50.9 Å². The number of hydrogen-bond donors (Lipinski definition) is 2. The Morgan fingerprint density at radius 1 is 1.19 bits per heavy atom. The SMILES string of the molecule is CC1CC(C)CN(S(=O)(=O)c2cccc(C(=O)NC3CNCCC3C)c2)C1. The molecular formula is C20H31N3O3S. The third-order valence-corrected chi connectivity index (χ3v) is 7.54. The van der Waals surface area contributed by atoms with Gasteiger partial charge < -0.3 is 10.6 Å². The van der Waals surface area contributed by atoms with Gasteiger partial charge in [-0.1, -0.05) is 26.8 Å². The van der Waals surface area contributed by atoms with Gasteiger partial charge in [-0.25, -0.2) is 8.42 Å². The van der Waals surface area contributed by atoms with E-state index in [1.807, 2.05) is 0 Å². The number of sulfonamides is 1. The lowest BCUT2D eigenvalue weighted by molar-refractivity contribution is 0.0915. The molecule has 2 heterocycles. The van der Waals surface area contributed by atoms with E-state index in [4.69, 9.17) is 0 Å². The van der Waals surface area contributed by atoms with Gasteiger partial charge in [0.1, 0.15) is 0 Å². The van der Waals surface area contributed by atoms with E-state index >= 15 is 0 Å². The van der Waals surface area contributed by atoms with Gasteiger partial charge >= 0.3 is 0 Å². The van der Waals surface area contributed by atoms with Gasteiger partial charge in [0.25, 0.3) is 5.91 Å². The van der Waals surface area contributed by atoms with Gasteiger partial charge in [-0.05, 0) is 55.3 Å². The summed E-state index contributed by atoms with van der Waals surface area (Å²) in [5.41, 5.74) is 0.395. The molecule has 0 aromatic heterocycles. The zero-order chi connectivity index (χ0) is 19.6. The average molecular weight is 394 g/mol. The molecule has 2 aliphatic heterocycles. The monoisotopic (exact) mass is 393 g/mol. The number of amides is 1. The van der Waals surface area contributed by atoms with Crippen LogP contribution < -0.4 is 10.6 Å². The van der Waals surface area contributed by atoms with Crippen molar-refractivity contribution in [2.45, 2.75) is 44.6 Å². The highest BCUT2D eigenvalue weighted by molar-refractivity contribution is 7.89. The first-order valence-electron chi connectivity index (χ1n) is 9.89. The van der Waals surface area contributed by atoms with E-state index in [1.54, 1.807) is 22.5 Å². The summed E-state index contributed by atoms with van der Waals surface area (Å²) < 4.78 is 27.7. The zero-order valence-electron chi connectivity index (χ0n) is 16.4. The second kappa shape index (κ2) is 8.29. The number of nitrogens with one attached hydrogen (secondary N) is 2. The molecule has 27 heavy (non-hydrogen) atoms. The highest BCUT2D eigenvalue weighted by atomic mass is 32.2. The van der Waals surface area contributed by atoms with Gasteiger partial charge in [0.05, 0.1) is 4.90 Å². The third kappa shape index (κ3) is 4.70. The number of carbonyl (C=O) groups excluding carboxylic acids is 1. The predicted molar refractivity (Wildman–Crippen MR) is 106 cm³/mol. The highest BCUT2D eigenvalue weighted by Gasteiger charge is 2.32. The molecule has 3 rings (SSSR count). The van der Waals surface area contributed by atoms with E-state index in [-0.39, 0.29) is 16.8 Å². The van der Waals surface area contributed by atoms with E-state index < -0.39 is 10.0 Å². The van der Waals surface area contributed by atoms with Crippen LogP contribution in [0.5, 0.6) is 0 Å². The fraction of sp³-hybridized carbons (Fsp3) is 0.650. The van der Waals surface area contributed by atoms with Crippen molar-refractivity contribution in [1.82, 2.24) is 14.9 Å². The van der Waals surface area contributed by atoms with E-state index in [9.17, 15) is 13.2 Å². The lowest BCUT2D eigenvalue weighted by atomic mass is 9.94. The van der Waals surface area contributed by atoms with E-state index in [0.29, 0.717) is 36.4 Å². The maximum Gasteiger partial charge on any atom is 0.251 e. The first-order chi connectivity index (χ1) is 12.8. The molecule has 6 nitrogen and oxygen atoms in total. The summed E-state index contributed by atoms with van der Waals surface area (Å²) in [4.78, 5) is 12.9. The van der Waals surface area contributed by atoms with Crippen LogP contribution in [0.3, 0.4) is 0 Å². The number of nitrogens with zero attached hydrogens (tertiary/aromatic N) is 1. The summed E-state index contributed by atoms with van der Waals surface area (Å²) in [5.74, 6) is 0.872. The number of hydrogen-bond acceptors (Lipinski definition) is 4. The van der Waals surface area contributed by atoms with Crippen LogP contribution in [0, 0.1) is 17.8 Å². The number of carbonyl (C=O) groups is 1. The Kier molecular flexibility index (Phi) is 6.23. The molecule has 0 saturated carbocycles. The maximum atomic E-state index is 13.1. The van der Waals surface area contributed by atoms with Gasteiger partial charge in [0.15, 0.2) is 0 Å². The summed E-state index contributed by atoms with van der Waals surface area (Å²) in [6, 6.07) is 6.49. The van der Waals surface area contributed by atoms with Gasteiger partial charge in [-0.2, -0.15) is 4.31 Å². The Hall–Kier alpha value is -1.44. The zero-order valence-corrected chi connectivity index (χ0v) is 17.3. The lowest BCUT2D eigenvalue weighted by Crippen LogP contribution is -2.50. The molecule has 1 amide bonds. The molecule has 7 heteroatoms. The minimum absolute atomic E-state index is 0.0651. The highest BCUT2D eigenvalue weighted by Crippen LogP contribution is 2.27. The predicted octanol–water partition coefficient (Wildman–Crippen LogP) is 2.08. The average Bonchev–Trinajstić information content (AvgIpc) is 2.63. The largest absolute Gasteiger partial charge is 0.348 e. The maximum absolute atomic E-state index is 13.1. The first-order valence-corrected chi connectivity index (χ1v) is 11.3.